The molecule has 0 bridgehead atoms. The first-order chi connectivity index (χ1) is 12.8. The van der Waals surface area contributed by atoms with E-state index in [1.165, 1.54) is 35.5 Å². The molecular formula is C19H22ClN3O4S. The summed E-state index contributed by atoms with van der Waals surface area (Å²) in [5.74, 6) is -0.317. The molecule has 2 aromatic carbocycles. The lowest BCUT2D eigenvalue weighted by molar-refractivity contribution is 0.0699. The molecule has 0 aliphatic carbocycles. The number of nitrogens with two attached hydrogens (primary N) is 1. The number of hydrogen-bond acceptors (Lipinski definition) is 5. The molecule has 3 rings (SSSR count). The van der Waals surface area contributed by atoms with Crippen LogP contribution in [0, 0.1) is 0 Å². The Morgan fingerprint density at radius 2 is 1.50 bits per heavy atom. The van der Waals surface area contributed by atoms with Gasteiger partial charge in [0.25, 0.3) is 5.91 Å². The van der Waals surface area contributed by atoms with Crippen molar-refractivity contribution in [3.8, 4) is 0 Å². The van der Waals surface area contributed by atoms with Gasteiger partial charge in [-0.05, 0) is 31.2 Å². The number of carbonyl (C=O) groups is 2. The highest BCUT2D eigenvalue weighted by Crippen LogP contribution is 2.20. The summed E-state index contributed by atoms with van der Waals surface area (Å²) >= 11 is 0. The van der Waals surface area contributed by atoms with Gasteiger partial charge in [-0.2, -0.15) is 4.31 Å². The van der Waals surface area contributed by atoms with Gasteiger partial charge in [-0.1, -0.05) is 24.3 Å². The molecule has 1 amide bonds. The molecule has 150 valence electrons. The fourth-order valence-corrected chi connectivity index (χ4v) is 4.43. The first kappa shape index (κ1) is 21.9. The molecule has 1 fully saturated rings. The third-order valence-corrected chi connectivity index (χ3v) is 6.53. The minimum atomic E-state index is -3.67. The van der Waals surface area contributed by atoms with Crippen LogP contribution in [0.5, 0.6) is 0 Å². The van der Waals surface area contributed by atoms with Crippen LogP contribution in [0.1, 0.15) is 27.6 Å². The zero-order chi connectivity index (χ0) is 19.6. The second kappa shape index (κ2) is 8.72. The summed E-state index contributed by atoms with van der Waals surface area (Å²) in [6, 6.07) is 12.7. The van der Waals surface area contributed by atoms with Crippen molar-refractivity contribution in [2.45, 2.75) is 11.8 Å². The number of nitrogens with zero attached hydrogens (tertiary/aromatic N) is 2. The van der Waals surface area contributed by atoms with E-state index in [2.05, 4.69) is 0 Å². The van der Waals surface area contributed by atoms with E-state index in [1.54, 1.807) is 29.2 Å². The van der Waals surface area contributed by atoms with Gasteiger partial charge in [-0.25, -0.2) is 8.42 Å². The Balaban J connectivity index is 0.00000280. The van der Waals surface area contributed by atoms with E-state index in [0.29, 0.717) is 16.8 Å². The summed E-state index contributed by atoms with van der Waals surface area (Å²) in [6.07, 6.45) is 0. The van der Waals surface area contributed by atoms with E-state index in [9.17, 15) is 18.0 Å². The number of hydrogen-bond donors (Lipinski definition) is 1. The van der Waals surface area contributed by atoms with Crippen molar-refractivity contribution >= 4 is 39.8 Å². The molecule has 7 nitrogen and oxygen atoms in total. The zero-order valence-electron chi connectivity index (χ0n) is 15.4. The van der Waals surface area contributed by atoms with Gasteiger partial charge in [0.15, 0.2) is 5.78 Å². The summed E-state index contributed by atoms with van der Waals surface area (Å²) in [5.41, 5.74) is 7.15. The number of halogens is 1. The smallest absolute Gasteiger partial charge is 0.256 e. The summed E-state index contributed by atoms with van der Waals surface area (Å²) < 4.78 is 26.9. The number of piperazine rings is 1. The van der Waals surface area contributed by atoms with Gasteiger partial charge in [-0.3, -0.25) is 9.59 Å². The normalized spacial score (nSPS) is 15.0. The van der Waals surface area contributed by atoms with E-state index < -0.39 is 10.0 Å². The number of Topliss-reactive ketones (excluding diaryl/α,β-unsaturated/α-hetero) is 1. The molecule has 2 aromatic rings. The lowest BCUT2D eigenvalue weighted by Gasteiger charge is -2.34. The van der Waals surface area contributed by atoms with Crippen LogP contribution in [-0.2, 0) is 10.0 Å². The van der Waals surface area contributed by atoms with Gasteiger partial charge in [0.05, 0.1) is 10.5 Å². The molecular weight excluding hydrogens is 402 g/mol. The molecule has 0 atom stereocenters. The topological polar surface area (TPSA) is 101 Å². The second-order valence-corrected chi connectivity index (χ2v) is 8.30. The maximum absolute atomic E-state index is 12.8. The number of carbonyl (C=O) groups excluding carboxylic acids is 2. The van der Waals surface area contributed by atoms with Gasteiger partial charge in [0.1, 0.15) is 0 Å². The molecule has 0 unspecified atom stereocenters. The zero-order valence-corrected chi connectivity index (χ0v) is 17.0. The van der Waals surface area contributed by atoms with Gasteiger partial charge in [0.2, 0.25) is 10.0 Å². The highest BCUT2D eigenvalue weighted by Gasteiger charge is 2.30. The van der Waals surface area contributed by atoms with Gasteiger partial charge < -0.3 is 10.6 Å². The van der Waals surface area contributed by atoms with E-state index in [1.807, 2.05) is 0 Å². The van der Waals surface area contributed by atoms with Crippen molar-refractivity contribution in [1.29, 1.82) is 0 Å². The fraction of sp³-hybridized carbons (Fsp3) is 0.263. The molecule has 0 radical (unpaired) electrons. The maximum atomic E-state index is 12.8. The van der Waals surface area contributed by atoms with Crippen LogP contribution in [0.4, 0.5) is 5.69 Å². The SMILES string of the molecule is CC(=O)c1ccc(S(=O)(=O)N2CCN(C(=O)c3ccccc3N)CC2)cc1.Cl. The van der Waals surface area contributed by atoms with Gasteiger partial charge in [-0.15, -0.1) is 12.4 Å². The van der Waals surface area contributed by atoms with Crippen molar-refractivity contribution in [1.82, 2.24) is 9.21 Å². The van der Waals surface area contributed by atoms with Crippen molar-refractivity contribution in [2.24, 2.45) is 0 Å². The Morgan fingerprint density at radius 1 is 0.929 bits per heavy atom. The molecule has 0 saturated carbocycles. The Bertz CT molecular complexity index is 969. The third-order valence-electron chi connectivity index (χ3n) is 4.62. The van der Waals surface area contributed by atoms with Gasteiger partial charge in [0, 0.05) is 37.4 Å². The minimum absolute atomic E-state index is 0. The first-order valence-electron chi connectivity index (χ1n) is 8.55. The second-order valence-electron chi connectivity index (χ2n) is 6.36. The number of ketones is 1. The van der Waals surface area contributed by atoms with Crippen molar-refractivity contribution < 1.29 is 18.0 Å². The van der Waals surface area contributed by atoms with Gasteiger partial charge >= 0.3 is 0 Å². The standard InChI is InChI=1S/C19H21N3O4S.ClH/c1-14(23)15-6-8-16(9-7-15)27(25,26)22-12-10-21(11-13-22)19(24)17-4-2-3-5-18(17)20;/h2-9H,10-13,20H2,1H3;1H. The van der Waals surface area contributed by atoms with Crippen LogP contribution in [0.15, 0.2) is 53.4 Å². The number of para-hydroxylation sites is 1. The van der Waals surface area contributed by atoms with E-state index >= 15 is 0 Å². The first-order valence-corrected chi connectivity index (χ1v) is 9.99. The highest BCUT2D eigenvalue weighted by atomic mass is 35.5. The highest BCUT2D eigenvalue weighted by molar-refractivity contribution is 7.89. The van der Waals surface area contributed by atoms with Crippen molar-refractivity contribution in [3.63, 3.8) is 0 Å². The predicted molar refractivity (Wildman–Crippen MR) is 109 cm³/mol. The van der Waals surface area contributed by atoms with E-state index in [-0.39, 0.29) is 55.2 Å². The van der Waals surface area contributed by atoms with Crippen LogP contribution in [-0.4, -0.2) is 55.5 Å². The number of anilines is 1. The summed E-state index contributed by atoms with van der Waals surface area (Å²) in [4.78, 5) is 25.7. The van der Waals surface area contributed by atoms with E-state index in [4.69, 9.17) is 5.73 Å². The molecule has 0 spiro atoms. The third kappa shape index (κ3) is 4.35. The average Bonchev–Trinajstić information content (AvgIpc) is 2.68. The molecule has 9 heteroatoms. The molecule has 1 aliphatic rings. The quantitative estimate of drug-likeness (QED) is 0.599. The van der Waals surface area contributed by atoms with E-state index in [0.717, 1.165) is 0 Å². The Kier molecular flexibility index (Phi) is 6.82. The molecule has 2 N–H and O–H groups in total. The number of nitrogen functional groups attached to an aromatic ring is 1. The Morgan fingerprint density at radius 3 is 2.04 bits per heavy atom. The van der Waals surface area contributed by atoms with Crippen molar-refractivity contribution in [2.75, 3.05) is 31.9 Å². The molecule has 0 aromatic heterocycles. The predicted octanol–water partition coefficient (Wildman–Crippen LogP) is 2.04. The molecule has 28 heavy (non-hydrogen) atoms. The summed E-state index contributed by atoms with van der Waals surface area (Å²) in [7, 11) is -3.67. The number of rotatable bonds is 4. The molecule has 1 aliphatic heterocycles. The van der Waals surface area contributed by atoms with Crippen LogP contribution in [0.2, 0.25) is 0 Å². The molecule has 1 saturated heterocycles. The fourth-order valence-electron chi connectivity index (χ4n) is 3.00. The number of sulfonamides is 1. The number of benzene rings is 2. The van der Waals surface area contributed by atoms with Crippen LogP contribution in [0.3, 0.4) is 0 Å². The van der Waals surface area contributed by atoms with Crippen LogP contribution in [0.25, 0.3) is 0 Å². The molecule has 1 heterocycles. The van der Waals surface area contributed by atoms with Crippen molar-refractivity contribution in [3.05, 3.63) is 59.7 Å². The average molecular weight is 424 g/mol. The monoisotopic (exact) mass is 423 g/mol. The maximum Gasteiger partial charge on any atom is 0.256 e. The van der Waals surface area contributed by atoms with Crippen LogP contribution >= 0.6 is 12.4 Å². The lowest BCUT2D eigenvalue weighted by atomic mass is 10.1. The Hall–Kier alpha value is -2.42. The van der Waals surface area contributed by atoms with Crippen LogP contribution < -0.4 is 5.73 Å². The summed E-state index contributed by atoms with van der Waals surface area (Å²) in [6.45, 7) is 2.42. The number of amides is 1. The Labute approximate surface area is 170 Å². The lowest BCUT2D eigenvalue weighted by Crippen LogP contribution is -2.50. The minimum Gasteiger partial charge on any atom is -0.398 e. The summed E-state index contributed by atoms with van der Waals surface area (Å²) in [5, 5.41) is 0. The largest absolute Gasteiger partial charge is 0.398 e.